The molecular formula is C11H23N3O4. The Morgan fingerprint density at radius 2 is 1.89 bits per heavy atom. The van der Waals surface area contributed by atoms with Gasteiger partial charge in [0.2, 0.25) is 0 Å². The van der Waals surface area contributed by atoms with Crippen LogP contribution in [0.3, 0.4) is 0 Å². The van der Waals surface area contributed by atoms with E-state index in [0.29, 0.717) is 32.8 Å². The van der Waals surface area contributed by atoms with Crippen LogP contribution in [0.4, 0.5) is 4.79 Å². The number of ether oxygens (including phenoxy) is 2. The molecule has 0 unspecified atom stereocenters. The Balaban J connectivity index is 3.21. The maximum absolute atomic E-state index is 11.1. The van der Waals surface area contributed by atoms with Crippen molar-refractivity contribution in [1.29, 1.82) is 0 Å². The highest BCUT2D eigenvalue weighted by molar-refractivity contribution is 5.73. The molecule has 0 rings (SSSR count). The fourth-order valence-electron chi connectivity index (χ4n) is 1.04. The summed E-state index contributed by atoms with van der Waals surface area (Å²) in [6, 6.07) is -0.115. The molecule has 0 spiro atoms. The highest BCUT2D eigenvalue weighted by atomic mass is 16.6. The van der Waals surface area contributed by atoms with Gasteiger partial charge in [-0.15, -0.1) is 0 Å². The molecule has 7 nitrogen and oxygen atoms in total. The van der Waals surface area contributed by atoms with E-state index in [0.717, 1.165) is 0 Å². The summed E-state index contributed by atoms with van der Waals surface area (Å²) in [4.78, 5) is 23.5. The lowest BCUT2D eigenvalue weighted by atomic mass is 10.5. The van der Waals surface area contributed by atoms with E-state index in [-0.39, 0.29) is 18.6 Å². The maximum Gasteiger partial charge on any atom is 0.332 e. The van der Waals surface area contributed by atoms with Gasteiger partial charge < -0.3 is 25.0 Å². The number of carbonyl (C=O) groups is 2. The third-order valence-electron chi connectivity index (χ3n) is 1.93. The van der Waals surface area contributed by atoms with Crippen LogP contribution in [-0.4, -0.2) is 70.5 Å². The van der Waals surface area contributed by atoms with Crippen LogP contribution >= 0.6 is 0 Å². The Kier molecular flexibility index (Phi) is 9.99. The standard InChI is InChI=1S/C11H23N3O4/c1-4-18-10(15)9-17-8-7-12-5-6-13-11(16)14(2)3/h12H,4-9H2,1-3H3,(H,13,16). The molecule has 2 N–H and O–H groups in total. The van der Waals surface area contributed by atoms with Gasteiger partial charge in [0, 0.05) is 33.7 Å². The zero-order chi connectivity index (χ0) is 13.8. The molecule has 0 radical (unpaired) electrons. The van der Waals surface area contributed by atoms with Gasteiger partial charge in [0.25, 0.3) is 0 Å². The first-order valence-corrected chi connectivity index (χ1v) is 5.97. The van der Waals surface area contributed by atoms with Crippen LogP contribution in [-0.2, 0) is 14.3 Å². The maximum atomic E-state index is 11.1. The van der Waals surface area contributed by atoms with Crippen molar-refractivity contribution in [3.8, 4) is 0 Å². The van der Waals surface area contributed by atoms with Gasteiger partial charge in [-0.3, -0.25) is 0 Å². The zero-order valence-electron chi connectivity index (χ0n) is 11.3. The number of rotatable bonds is 9. The first kappa shape index (κ1) is 16.7. The van der Waals surface area contributed by atoms with E-state index in [1.807, 2.05) is 0 Å². The molecule has 0 aromatic rings. The molecule has 106 valence electrons. The fraction of sp³-hybridized carbons (Fsp3) is 0.818. The first-order chi connectivity index (χ1) is 8.57. The molecular weight excluding hydrogens is 238 g/mol. The highest BCUT2D eigenvalue weighted by Crippen LogP contribution is 1.80. The summed E-state index contributed by atoms with van der Waals surface area (Å²) in [6.07, 6.45) is 0. The van der Waals surface area contributed by atoms with E-state index >= 15 is 0 Å². The lowest BCUT2D eigenvalue weighted by Gasteiger charge is -2.12. The summed E-state index contributed by atoms with van der Waals surface area (Å²) in [5, 5.41) is 5.79. The molecule has 7 heteroatoms. The second kappa shape index (κ2) is 10.8. The van der Waals surface area contributed by atoms with Crippen molar-refractivity contribution in [2.75, 3.05) is 53.6 Å². The van der Waals surface area contributed by atoms with E-state index in [4.69, 9.17) is 9.47 Å². The number of urea groups is 1. The fourth-order valence-corrected chi connectivity index (χ4v) is 1.04. The van der Waals surface area contributed by atoms with Gasteiger partial charge >= 0.3 is 12.0 Å². The number of hydrogen-bond acceptors (Lipinski definition) is 5. The Morgan fingerprint density at radius 3 is 2.50 bits per heavy atom. The van der Waals surface area contributed by atoms with Gasteiger partial charge in [0.05, 0.1) is 13.2 Å². The minimum absolute atomic E-state index is 0.0209. The van der Waals surface area contributed by atoms with Crippen molar-refractivity contribution in [2.45, 2.75) is 6.92 Å². The average molecular weight is 261 g/mol. The van der Waals surface area contributed by atoms with Crippen molar-refractivity contribution in [1.82, 2.24) is 15.5 Å². The van der Waals surface area contributed by atoms with Crippen LogP contribution in [0.25, 0.3) is 0 Å². The first-order valence-electron chi connectivity index (χ1n) is 5.97. The molecule has 2 amide bonds. The summed E-state index contributed by atoms with van der Waals surface area (Å²) in [6.45, 7) is 4.36. The van der Waals surface area contributed by atoms with Gasteiger partial charge in [0.1, 0.15) is 6.61 Å². The molecule has 0 saturated heterocycles. The lowest BCUT2D eigenvalue weighted by molar-refractivity contribution is -0.148. The minimum Gasteiger partial charge on any atom is -0.464 e. The van der Waals surface area contributed by atoms with E-state index in [1.54, 1.807) is 21.0 Å². The largest absolute Gasteiger partial charge is 0.464 e. The average Bonchev–Trinajstić information content (AvgIpc) is 2.32. The second-order valence-electron chi connectivity index (χ2n) is 3.73. The normalized spacial score (nSPS) is 9.94. The van der Waals surface area contributed by atoms with Crippen molar-refractivity contribution >= 4 is 12.0 Å². The Morgan fingerprint density at radius 1 is 1.17 bits per heavy atom. The topological polar surface area (TPSA) is 79.9 Å². The summed E-state index contributed by atoms with van der Waals surface area (Å²) in [5.41, 5.74) is 0. The van der Waals surface area contributed by atoms with E-state index in [9.17, 15) is 9.59 Å². The van der Waals surface area contributed by atoms with Crippen LogP contribution in [0.15, 0.2) is 0 Å². The molecule has 0 saturated carbocycles. The number of amides is 2. The predicted octanol–water partition coefficient (Wildman–Crippen LogP) is -0.573. The van der Waals surface area contributed by atoms with Gasteiger partial charge in [-0.05, 0) is 6.92 Å². The SMILES string of the molecule is CCOC(=O)COCCNCCNC(=O)N(C)C. The summed E-state index contributed by atoms with van der Waals surface area (Å²) >= 11 is 0. The number of nitrogens with one attached hydrogen (secondary N) is 2. The van der Waals surface area contributed by atoms with Crippen LogP contribution in [0.2, 0.25) is 0 Å². The Labute approximate surface area is 108 Å². The molecule has 0 aromatic heterocycles. The molecule has 0 aliphatic carbocycles. The number of nitrogens with zero attached hydrogens (tertiary/aromatic N) is 1. The molecule has 0 atom stereocenters. The van der Waals surface area contributed by atoms with Gasteiger partial charge in [-0.1, -0.05) is 0 Å². The highest BCUT2D eigenvalue weighted by Gasteiger charge is 2.01. The quantitative estimate of drug-likeness (QED) is 0.429. The van der Waals surface area contributed by atoms with Crippen molar-refractivity contribution < 1.29 is 19.1 Å². The van der Waals surface area contributed by atoms with Crippen LogP contribution in [0, 0.1) is 0 Å². The van der Waals surface area contributed by atoms with Crippen molar-refractivity contribution in [2.24, 2.45) is 0 Å². The van der Waals surface area contributed by atoms with Crippen LogP contribution in [0.5, 0.6) is 0 Å². The number of esters is 1. The van der Waals surface area contributed by atoms with E-state index < -0.39 is 0 Å². The molecule has 18 heavy (non-hydrogen) atoms. The Bertz CT molecular complexity index is 246. The summed E-state index contributed by atoms with van der Waals surface area (Å²) in [5.74, 6) is -0.351. The monoisotopic (exact) mass is 261 g/mol. The van der Waals surface area contributed by atoms with E-state index in [1.165, 1.54) is 4.90 Å². The third kappa shape index (κ3) is 9.86. The molecule has 0 aliphatic rings. The number of carbonyl (C=O) groups excluding carboxylic acids is 2. The summed E-state index contributed by atoms with van der Waals surface area (Å²) in [7, 11) is 3.37. The smallest absolute Gasteiger partial charge is 0.332 e. The Hall–Kier alpha value is -1.34. The van der Waals surface area contributed by atoms with Gasteiger partial charge in [-0.25, -0.2) is 9.59 Å². The van der Waals surface area contributed by atoms with Gasteiger partial charge in [-0.2, -0.15) is 0 Å². The third-order valence-corrected chi connectivity index (χ3v) is 1.93. The molecule has 0 fully saturated rings. The van der Waals surface area contributed by atoms with Crippen molar-refractivity contribution in [3.05, 3.63) is 0 Å². The van der Waals surface area contributed by atoms with Crippen molar-refractivity contribution in [3.63, 3.8) is 0 Å². The minimum atomic E-state index is -0.351. The molecule has 0 bridgehead atoms. The molecule has 0 aromatic carbocycles. The zero-order valence-corrected chi connectivity index (χ0v) is 11.3. The van der Waals surface area contributed by atoms with E-state index in [2.05, 4.69) is 10.6 Å². The molecule has 0 aliphatic heterocycles. The van der Waals surface area contributed by atoms with Crippen LogP contribution < -0.4 is 10.6 Å². The second-order valence-corrected chi connectivity index (χ2v) is 3.73. The lowest BCUT2D eigenvalue weighted by Crippen LogP contribution is -2.39. The number of hydrogen-bond donors (Lipinski definition) is 2. The summed E-state index contributed by atoms with van der Waals surface area (Å²) < 4.78 is 9.78. The van der Waals surface area contributed by atoms with Gasteiger partial charge in [0.15, 0.2) is 0 Å². The molecule has 0 heterocycles. The predicted molar refractivity (Wildman–Crippen MR) is 67.4 cm³/mol. The van der Waals surface area contributed by atoms with Crippen LogP contribution in [0.1, 0.15) is 6.92 Å².